The molecule has 0 aliphatic heterocycles. The molecule has 1 aliphatic rings. The third-order valence-electron chi connectivity index (χ3n) is 4.70. The fraction of sp³-hybridized carbons (Fsp3) is 0.600. The first kappa shape index (κ1) is 23.5. The van der Waals surface area contributed by atoms with E-state index in [0.29, 0.717) is 24.0 Å². The summed E-state index contributed by atoms with van der Waals surface area (Å²) in [6.45, 7) is 7.25. The molecule has 6 nitrogen and oxygen atoms in total. The van der Waals surface area contributed by atoms with E-state index < -0.39 is 0 Å². The van der Waals surface area contributed by atoms with Crippen LogP contribution < -0.4 is 20.7 Å². The van der Waals surface area contributed by atoms with Gasteiger partial charge in [0.2, 0.25) is 5.91 Å². The molecule has 3 N–H and O–H groups in total. The van der Waals surface area contributed by atoms with Crippen molar-refractivity contribution in [3.8, 4) is 5.75 Å². The predicted molar refractivity (Wildman–Crippen MR) is 122 cm³/mol. The number of benzene rings is 1. The Kier molecular flexibility index (Phi) is 10.5. The Balaban J connectivity index is 0.00000364. The molecule has 0 atom stereocenters. The minimum Gasteiger partial charge on any atom is -0.495 e. The summed E-state index contributed by atoms with van der Waals surface area (Å²) < 4.78 is 5.30. The van der Waals surface area contributed by atoms with Crippen LogP contribution in [0.4, 0.5) is 5.69 Å². The SMILES string of the molecule is CCNC(=NCc1ccc(OC)c(NC(C)=O)c1)NC1CCC(C)CC1.I. The number of aliphatic imine (C=N–C) groups is 1. The van der Waals surface area contributed by atoms with Crippen molar-refractivity contribution in [3.63, 3.8) is 0 Å². The second-order valence-electron chi connectivity index (χ2n) is 7.01. The quantitative estimate of drug-likeness (QED) is 0.323. The number of guanidine groups is 1. The van der Waals surface area contributed by atoms with E-state index in [4.69, 9.17) is 9.73 Å². The van der Waals surface area contributed by atoms with Crippen LogP contribution in [-0.2, 0) is 11.3 Å². The smallest absolute Gasteiger partial charge is 0.221 e. The Morgan fingerprint density at radius 2 is 1.96 bits per heavy atom. The first-order valence-corrected chi connectivity index (χ1v) is 9.51. The van der Waals surface area contributed by atoms with Crippen molar-refractivity contribution < 1.29 is 9.53 Å². The second-order valence-corrected chi connectivity index (χ2v) is 7.01. The van der Waals surface area contributed by atoms with Gasteiger partial charge in [-0.3, -0.25) is 4.79 Å². The van der Waals surface area contributed by atoms with E-state index in [9.17, 15) is 4.79 Å². The molecule has 0 unspecified atom stereocenters. The van der Waals surface area contributed by atoms with Crippen molar-refractivity contribution >= 4 is 41.5 Å². The van der Waals surface area contributed by atoms with Crippen molar-refractivity contribution in [1.29, 1.82) is 0 Å². The lowest BCUT2D eigenvalue weighted by atomic mass is 9.87. The number of halogens is 1. The first-order chi connectivity index (χ1) is 12.5. The summed E-state index contributed by atoms with van der Waals surface area (Å²) >= 11 is 0. The van der Waals surface area contributed by atoms with Gasteiger partial charge in [0.25, 0.3) is 0 Å². The average Bonchev–Trinajstić information content (AvgIpc) is 2.61. The highest BCUT2D eigenvalue weighted by Crippen LogP contribution is 2.26. The molecule has 0 radical (unpaired) electrons. The number of hydrogen-bond acceptors (Lipinski definition) is 3. The van der Waals surface area contributed by atoms with Gasteiger partial charge >= 0.3 is 0 Å². The molecule has 0 spiro atoms. The molecule has 7 heteroatoms. The molecular formula is C20H33IN4O2. The lowest BCUT2D eigenvalue weighted by Crippen LogP contribution is -2.44. The molecule has 0 saturated heterocycles. The van der Waals surface area contributed by atoms with E-state index in [1.165, 1.54) is 32.6 Å². The third-order valence-corrected chi connectivity index (χ3v) is 4.70. The summed E-state index contributed by atoms with van der Waals surface area (Å²) in [5, 5.41) is 9.69. The molecule has 1 fully saturated rings. The predicted octanol–water partition coefficient (Wildman–Crippen LogP) is 3.91. The Morgan fingerprint density at radius 1 is 1.26 bits per heavy atom. The third kappa shape index (κ3) is 7.94. The molecule has 27 heavy (non-hydrogen) atoms. The van der Waals surface area contributed by atoms with Gasteiger partial charge in [-0.25, -0.2) is 4.99 Å². The van der Waals surface area contributed by atoms with E-state index in [2.05, 4.69) is 29.8 Å². The molecule has 1 aliphatic carbocycles. The van der Waals surface area contributed by atoms with Crippen LogP contribution in [-0.4, -0.2) is 31.6 Å². The lowest BCUT2D eigenvalue weighted by Gasteiger charge is -2.28. The molecule has 1 aromatic rings. The fourth-order valence-corrected chi connectivity index (χ4v) is 3.23. The molecule has 152 valence electrons. The highest BCUT2D eigenvalue weighted by atomic mass is 127. The zero-order valence-corrected chi connectivity index (χ0v) is 19.1. The highest BCUT2D eigenvalue weighted by molar-refractivity contribution is 14.0. The fourth-order valence-electron chi connectivity index (χ4n) is 3.23. The number of rotatable bonds is 6. The summed E-state index contributed by atoms with van der Waals surface area (Å²) in [6, 6.07) is 6.24. The molecule has 0 bridgehead atoms. The first-order valence-electron chi connectivity index (χ1n) is 9.51. The number of hydrogen-bond donors (Lipinski definition) is 3. The minimum absolute atomic E-state index is 0. The number of anilines is 1. The molecule has 1 amide bonds. The van der Waals surface area contributed by atoms with Crippen LogP contribution in [0.25, 0.3) is 0 Å². The number of nitrogens with zero attached hydrogens (tertiary/aromatic N) is 1. The zero-order valence-electron chi connectivity index (χ0n) is 16.8. The van der Waals surface area contributed by atoms with E-state index in [1.807, 2.05) is 18.2 Å². The molecular weight excluding hydrogens is 455 g/mol. The van der Waals surface area contributed by atoms with Crippen LogP contribution in [0.2, 0.25) is 0 Å². The molecule has 1 saturated carbocycles. The van der Waals surface area contributed by atoms with Crippen molar-refractivity contribution in [3.05, 3.63) is 23.8 Å². The Hall–Kier alpha value is -1.51. The van der Waals surface area contributed by atoms with Gasteiger partial charge in [-0.05, 0) is 56.2 Å². The molecule has 1 aromatic carbocycles. The molecule has 0 aromatic heterocycles. The summed E-state index contributed by atoms with van der Waals surface area (Å²) in [5.74, 6) is 2.21. The maximum Gasteiger partial charge on any atom is 0.221 e. The van der Waals surface area contributed by atoms with Gasteiger partial charge in [-0.2, -0.15) is 0 Å². The van der Waals surface area contributed by atoms with E-state index >= 15 is 0 Å². The normalized spacial score (nSPS) is 19.6. The van der Waals surface area contributed by atoms with Crippen LogP contribution >= 0.6 is 24.0 Å². The van der Waals surface area contributed by atoms with Gasteiger partial charge in [0, 0.05) is 19.5 Å². The lowest BCUT2D eigenvalue weighted by molar-refractivity contribution is -0.114. The minimum atomic E-state index is -0.120. The number of amides is 1. The van der Waals surface area contributed by atoms with Crippen molar-refractivity contribution in [2.45, 2.75) is 59.0 Å². The topological polar surface area (TPSA) is 74.8 Å². The summed E-state index contributed by atoms with van der Waals surface area (Å²) in [6.07, 6.45) is 4.94. The second kappa shape index (κ2) is 12.0. The van der Waals surface area contributed by atoms with Crippen molar-refractivity contribution in [1.82, 2.24) is 10.6 Å². The van der Waals surface area contributed by atoms with Gasteiger partial charge < -0.3 is 20.7 Å². The number of carbonyl (C=O) groups excluding carboxylic acids is 1. The number of carbonyl (C=O) groups is 1. The monoisotopic (exact) mass is 488 g/mol. The van der Waals surface area contributed by atoms with E-state index in [1.54, 1.807) is 7.11 Å². The zero-order chi connectivity index (χ0) is 18.9. The van der Waals surface area contributed by atoms with Crippen LogP contribution in [0.15, 0.2) is 23.2 Å². The average molecular weight is 488 g/mol. The van der Waals surface area contributed by atoms with E-state index in [-0.39, 0.29) is 29.9 Å². The molecule has 0 heterocycles. The Bertz CT molecular complexity index is 628. The van der Waals surface area contributed by atoms with Gasteiger partial charge in [-0.15, -0.1) is 24.0 Å². The van der Waals surface area contributed by atoms with Gasteiger partial charge in [-0.1, -0.05) is 13.0 Å². The summed E-state index contributed by atoms with van der Waals surface area (Å²) in [7, 11) is 1.59. The van der Waals surface area contributed by atoms with Gasteiger partial charge in [0.05, 0.1) is 19.3 Å². The maximum absolute atomic E-state index is 11.4. The van der Waals surface area contributed by atoms with Crippen molar-refractivity contribution in [2.75, 3.05) is 19.0 Å². The number of ether oxygens (including phenoxy) is 1. The van der Waals surface area contributed by atoms with Crippen molar-refractivity contribution in [2.24, 2.45) is 10.9 Å². The summed E-state index contributed by atoms with van der Waals surface area (Å²) in [5.41, 5.74) is 1.69. The molecule has 2 rings (SSSR count). The maximum atomic E-state index is 11.4. The Morgan fingerprint density at radius 3 is 2.56 bits per heavy atom. The summed E-state index contributed by atoms with van der Waals surface area (Å²) in [4.78, 5) is 16.1. The standard InChI is InChI=1S/C20H32N4O2.HI/c1-5-21-20(24-17-9-6-14(2)7-10-17)22-13-16-8-11-19(26-4)18(12-16)23-15(3)25;/h8,11-12,14,17H,5-7,9-10,13H2,1-4H3,(H,23,25)(H2,21,22,24);1H. The van der Waals surface area contributed by atoms with Crippen LogP contribution in [0.1, 0.15) is 52.0 Å². The van der Waals surface area contributed by atoms with Crippen LogP contribution in [0, 0.1) is 5.92 Å². The van der Waals surface area contributed by atoms with E-state index in [0.717, 1.165) is 24.0 Å². The number of nitrogens with one attached hydrogen (secondary N) is 3. The van der Waals surface area contributed by atoms with Crippen LogP contribution in [0.3, 0.4) is 0 Å². The van der Waals surface area contributed by atoms with Gasteiger partial charge in [0.15, 0.2) is 5.96 Å². The number of methoxy groups -OCH3 is 1. The highest BCUT2D eigenvalue weighted by Gasteiger charge is 2.18. The van der Waals surface area contributed by atoms with Gasteiger partial charge in [0.1, 0.15) is 5.75 Å². The largest absolute Gasteiger partial charge is 0.495 e. The Labute approximate surface area is 179 Å². The van der Waals surface area contributed by atoms with Crippen LogP contribution in [0.5, 0.6) is 5.75 Å².